The molecule has 0 amide bonds. The molecule has 0 saturated heterocycles. The largest absolute Gasteiger partial charge is 0.265 e. The van der Waals surface area contributed by atoms with Crippen LogP contribution in [0.3, 0.4) is 0 Å². The van der Waals surface area contributed by atoms with Crippen molar-refractivity contribution in [2.45, 2.75) is 0 Å². The quantitative estimate of drug-likeness (QED) is 0.231. The Balaban J connectivity index is 1.48. The van der Waals surface area contributed by atoms with E-state index in [0.717, 1.165) is 0 Å². The molecule has 8 rings (SSSR count). The summed E-state index contributed by atoms with van der Waals surface area (Å²) in [6, 6.07) is 50.7. The van der Waals surface area contributed by atoms with E-state index in [1.807, 2.05) is 12.4 Å². The Hall–Kier alpha value is -5.27. The second-order valence-corrected chi connectivity index (χ2v) is 10.4. The Bertz CT molecular complexity index is 2000. The monoisotopic (exact) mass is 507 g/mol. The number of aromatic nitrogens is 1. The zero-order valence-corrected chi connectivity index (χ0v) is 21.9. The molecule has 0 saturated carbocycles. The highest BCUT2D eigenvalue weighted by atomic mass is 14.6. The van der Waals surface area contributed by atoms with Crippen molar-refractivity contribution in [2.24, 2.45) is 0 Å². The Morgan fingerprint density at radius 3 is 1.52 bits per heavy atom. The van der Waals surface area contributed by atoms with E-state index in [0.29, 0.717) is 0 Å². The van der Waals surface area contributed by atoms with Crippen LogP contribution in [0.4, 0.5) is 0 Å². The number of nitrogens with zero attached hydrogens (tertiary/aromatic N) is 1. The van der Waals surface area contributed by atoms with Crippen LogP contribution in [-0.2, 0) is 0 Å². The van der Waals surface area contributed by atoms with E-state index in [4.69, 9.17) is 0 Å². The number of fused-ring (bicyclic) bond motifs is 3. The first-order valence-corrected chi connectivity index (χ1v) is 13.7. The lowest BCUT2D eigenvalue weighted by molar-refractivity contribution is 1.33. The van der Waals surface area contributed by atoms with Gasteiger partial charge in [-0.15, -0.1) is 0 Å². The van der Waals surface area contributed by atoms with E-state index in [-0.39, 0.29) is 0 Å². The third-order valence-electron chi connectivity index (χ3n) is 8.13. The van der Waals surface area contributed by atoms with Crippen molar-refractivity contribution >= 4 is 10.8 Å². The van der Waals surface area contributed by atoms with E-state index < -0.39 is 0 Å². The van der Waals surface area contributed by atoms with Crippen LogP contribution >= 0.6 is 0 Å². The second kappa shape index (κ2) is 9.18. The maximum atomic E-state index is 4.19. The molecular weight excluding hydrogens is 482 g/mol. The molecule has 0 unspecified atom stereocenters. The molecule has 0 N–H and O–H groups in total. The van der Waals surface area contributed by atoms with Crippen LogP contribution in [0.25, 0.3) is 77.5 Å². The van der Waals surface area contributed by atoms with E-state index >= 15 is 0 Å². The molecule has 1 aromatic heterocycles. The molecule has 1 nitrogen and oxygen atoms in total. The lowest BCUT2D eigenvalue weighted by Crippen LogP contribution is -1.94. The van der Waals surface area contributed by atoms with Gasteiger partial charge in [0, 0.05) is 12.4 Å². The van der Waals surface area contributed by atoms with Crippen molar-refractivity contribution in [1.29, 1.82) is 0 Å². The third-order valence-corrected chi connectivity index (χ3v) is 8.13. The molecule has 0 bridgehead atoms. The van der Waals surface area contributed by atoms with Gasteiger partial charge in [0.25, 0.3) is 0 Å². The van der Waals surface area contributed by atoms with Gasteiger partial charge in [-0.3, -0.25) is 4.98 Å². The van der Waals surface area contributed by atoms with Crippen LogP contribution in [0.5, 0.6) is 0 Å². The van der Waals surface area contributed by atoms with Crippen LogP contribution in [0, 0.1) is 0 Å². The molecule has 6 aromatic carbocycles. The number of pyridine rings is 1. The minimum Gasteiger partial charge on any atom is -0.265 e. The summed E-state index contributed by atoms with van der Waals surface area (Å²) >= 11 is 0. The smallest absolute Gasteiger partial charge is 0.0273 e. The number of hydrogen-bond donors (Lipinski definition) is 0. The second-order valence-electron chi connectivity index (χ2n) is 10.4. The Kier molecular flexibility index (Phi) is 5.21. The van der Waals surface area contributed by atoms with Gasteiger partial charge >= 0.3 is 0 Å². The molecule has 1 aliphatic rings. The summed E-state index contributed by atoms with van der Waals surface area (Å²) in [5.74, 6) is 0. The Labute approximate surface area is 234 Å². The predicted molar refractivity (Wildman–Crippen MR) is 168 cm³/mol. The van der Waals surface area contributed by atoms with Gasteiger partial charge in [0.05, 0.1) is 0 Å². The van der Waals surface area contributed by atoms with Gasteiger partial charge in [0.2, 0.25) is 0 Å². The summed E-state index contributed by atoms with van der Waals surface area (Å²) in [7, 11) is 0. The lowest BCUT2D eigenvalue weighted by atomic mass is 9.82. The molecule has 0 spiro atoms. The van der Waals surface area contributed by atoms with E-state index in [1.165, 1.54) is 77.5 Å². The van der Waals surface area contributed by atoms with Crippen molar-refractivity contribution < 1.29 is 0 Å². The van der Waals surface area contributed by atoms with E-state index in [1.54, 1.807) is 0 Å². The maximum absolute atomic E-state index is 4.19. The van der Waals surface area contributed by atoms with Crippen LogP contribution in [0.15, 0.2) is 152 Å². The van der Waals surface area contributed by atoms with Gasteiger partial charge in [0.1, 0.15) is 0 Å². The molecule has 7 aromatic rings. The highest BCUT2D eigenvalue weighted by Gasteiger charge is 2.29. The Morgan fingerprint density at radius 2 is 0.850 bits per heavy atom. The highest BCUT2D eigenvalue weighted by molar-refractivity contribution is 6.22. The first-order valence-electron chi connectivity index (χ1n) is 13.7. The predicted octanol–water partition coefficient (Wildman–Crippen LogP) is 10.6. The molecule has 1 aliphatic carbocycles. The van der Waals surface area contributed by atoms with Crippen LogP contribution in [-0.4, -0.2) is 4.98 Å². The standard InChI is InChI=1S/C39H25N/c1-3-9-28(10-4-1)35-25-34(29-19-17-26(18-20-29)27-21-23-40-24-22-27)37(31-11-5-2-6-12-31)39-33-16-8-14-30-13-7-15-32(36(30)33)38(35)39/h1-25H. The fraction of sp³-hybridized carbons (Fsp3) is 0. The van der Waals surface area contributed by atoms with Gasteiger partial charge < -0.3 is 0 Å². The van der Waals surface area contributed by atoms with Crippen LogP contribution < -0.4 is 0 Å². The fourth-order valence-corrected chi connectivity index (χ4v) is 6.35. The maximum Gasteiger partial charge on any atom is 0.0273 e. The first kappa shape index (κ1) is 22.7. The molecule has 0 radical (unpaired) electrons. The summed E-state index contributed by atoms with van der Waals surface area (Å²) < 4.78 is 0. The highest BCUT2D eigenvalue weighted by Crippen LogP contribution is 2.57. The fourth-order valence-electron chi connectivity index (χ4n) is 6.35. The van der Waals surface area contributed by atoms with E-state index in [9.17, 15) is 0 Å². The van der Waals surface area contributed by atoms with Crippen LogP contribution in [0.2, 0.25) is 0 Å². The average Bonchev–Trinajstić information content (AvgIpc) is 3.38. The summed E-state index contributed by atoms with van der Waals surface area (Å²) in [6.45, 7) is 0. The molecule has 0 aliphatic heterocycles. The molecule has 40 heavy (non-hydrogen) atoms. The van der Waals surface area contributed by atoms with Gasteiger partial charge in [-0.25, -0.2) is 0 Å². The summed E-state index contributed by atoms with van der Waals surface area (Å²) in [5, 5.41) is 2.63. The van der Waals surface area contributed by atoms with Crippen molar-refractivity contribution in [3.63, 3.8) is 0 Å². The third kappa shape index (κ3) is 3.52. The topological polar surface area (TPSA) is 12.9 Å². The molecule has 1 heteroatoms. The van der Waals surface area contributed by atoms with Gasteiger partial charge in [-0.2, -0.15) is 0 Å². The zero-order chi connectivity index (χ0) is 26.5. The van der Waals surface area contributed by atoms with Crippen molar-refractivity contribution in [3.8, 4) is 66.8 Å². The number of rotatable bonds is 4. The number of hydrogen-bond acceptors (Lipinski definition) is 1. The van der Waals surface area contributed by atoms with E-state index in [2.05, 4.69) is 145 Å². The minimum absolute atomic E-state index is 1.17. The normalized spacial score (nSPS) is 11.5. The summed E-state index contributed by atoms with van der Waals surface area (Å²) in [5.41, 5.74) is 15.1. The van der Waals surface area contributed by atoms with Crippen molar-refractivity contribution in [3.05, 3.63) is 152 Å². The summed E-state index contributed by atoms with van der Waals surface area (Å²) in [4.78, 5) is 4.19. The summed E-state index contributed by atoms with van der Waals surface area (Å²) in [6.07, 6.45) is 3.70. The molecule has 186 valence electrons. The zero-order valence-electron chi connectivity index (χ0n) is 21.9. The minimum atomic E-state index is 1.17. The molecule has 1 heterocycles. The van der Waals surface area contributed by atoms with Gasteiger partial charge in [-0.1, -0.05) is 121 Å². The van der Waals surface area contributed by atoms with Crippen molar-refractivity contribution in [2.75, 3.05) is 0 Å². The lowest BCUT2D eigenvalue weighted by Gasteiger charge is -2.21. The Morgan fingerprint density at radius 1 is 0.325 bits per heavy atom. The first-order chi connectivity index (χ1) is 19.9. The number of benzene rings is 6. The van der Waals surface area contributed by atoms with Crippen molar-refractivity contribution in [1.82, 2.24) is 4.98 Å². The van der Waals surface area contributed by atoms with Crippen LogP contribution in [0.1, 0.15) is 0 Å². The van der Waals surface area contributed by atoms with Gasteiger partial charge in [0.15, 0.2) is 0 Å². The molecular formula is C39H25N. The molecule has 0 fully saturated rings. The average molecular weight is 508 g/mol. The van der Waals surface area contributed by atoms with Gasteiger partial charge in [-0.05, 0) is 95.7 Å². The SMILES string of the molecule is c1ccc(-c2cc(-c3ccc(-c4ccncc4)cc3)c(-c3ccccc3)c3c2-c2cccc4cccc-3c24)cc1. The molecule has 0 atom stereocenters.